The van der Waals surface area contributed by atoms with Crippen LogP contribution in [0.5, 0.6) is 0 Å². The second-order valence-corrected chi connectivity index (χ2v) is 7.86. The largest absolute Gasteiger partial charge is 0.337 e. The predicted molar refractivity (Wildman–Crippen MR) is 91.8 cm³/mol. The molecule has 1 aliphatic heterocycles. The molecule has 1 saturated heterocycles. The summed E-state index contributed by atoms with van der Waals surface area (Å²) in [4.78, 5) is 20.4. The fourth-order valence-corrected chi connectivity index (χ4v) is 4.59. The van der Waals surface area contributed by atoms with E-state index in [0.29, 0.717) is 18.2 Å². The molecule has 2 fully saturated rings. The van der Waals surface area contributed by atoms with Gasteiger partial charge in [-0.25, -0.2) is 0 Å². The standard InChI is InChI=1S/C18H23N3O2S/c22-16(12-14-8-5-11-24-14)21-10-4-9-15(21)18-19-17(20-23-18)13-6-2-1-3-7-13/h5,8,11,13,15H,1-4,6-7,9-10,12H2. The van der Waals surface area contributed by atoms with Crippen LogP contribution in [0.2, 0.25) is 0 Å². The third kappa shape index (κ3) is 3.24. The highest BCUT2D eigenvalue weighted by atomic mass is 32.1. The summed E-state index contributed by atoms with van der Waals surface area (Å²) in [5.41, 5.74) is 0. The second kappa shape index (κ2) is 7.05. The van der Waals surface area contributed by atoms with Crippen molar-refractivity contribution in [3.05, 3.63) is 34.1 Å². The predicted octanol–water partition coefficient (Wildman–Crippen LogP) is 4.09. The molecule has 2 aliphatic rings. The number of nitrogens with zero attached hydrogens (tertiary/aromatic N) is 3. The quantitative estimate of drug-likeness (QED) is 0.837. The van der Waals surface area contributed by atoms with E-state index in [9.17, 15) is 4.79 Å². The number of hydrogen-bond acceptors (Lipinski definition) is 5. The summed E-state index contributed by atoms with van der Waals surface area (Å²) >= 11 is 1.63. The molecule has 5 nitrogen and oxygen atoms in total. The summed E-state index contributed by atoms with van der Waals surface area (Å²) in [7, 11) is 0. The number of aromatic nitrogens is 2. The Morgan fingerprint density at radius 3 is 2.92 bits per heavy atom. The zero-order valence-corrected chi connectivity index (χ0v) is 14.6. The van der Waals surface area contributed by atoms with Crippen molar-refractivity contribution in [3.8, 4) is 0 Å². The highest BCUT2D eigenvalue weighted by Crippen LogP contribution is 2.35. The number of carbonyl (C=O) groups excluding carboxylic acids is 1. The molecule has 1 unspecified atom stereocenters. The number of amides is 1. The van der Waals surface area contributed by atoms with Crippen LogP contribution in [-0.2, 0) is 11.2 Å². The van der Waals surface area contributed by atoms with Crippen LogP contribution in [0.15, 0.2) is 22.0 Å². The van der Waals surface area contributed by atoms with Crippen molar-refractivity contribution < 1.29 is 9.32 Å². The van der Waals surface area contributed by atoms with Gasteiger partial charge < -0.3 is 9.42 Å². The summed E-state index contributed by atoms with van der Waals surface area (Å²) < 4.78 is 5.57. The molecule has 1 amide bonds. The van der Waals surface area contributed by atoms with Gasteiger partial charge in [0.1, 0.15) is 6.04 Å². The highest BCUT2D eigenvalue weighted by molar-refractivity contribution is 7.10. The van der Waals surface area contributed by atoms with E-state index >= 15 is 0 Å². The van der Waals surface area contributed by atoms with Crippen LogP contribution in [0.3, 0.4) is 0 Å². The highest BCUT2D eigenvalue weighted by Gasteiger charge is 2.34. The van der Waals surface area contributed by atoms with Crippen LogP contribution in [0.4, 0.5) is 0 Å². The third-order valence-electron chi connectivity index (χ3n) is 5.19. The Balaban J connectivity index is 1.46. The molecule has 0 bridgehead atoms. The Labute approximate surface area is 146 Å². The maximum absolute atomic E-state index is 12.6. The minimum Gasteiger partial charge on any atom is -0.337 e. The van der Waals surface area contributed by atoms with Crippen molar-refractivity contribution in [1.29, 1.82) is 0 Å². The van der Waals surface area contributed by atoms with Crippen molar-refractivity contribution in [3.63, 3.8) is 0 Å². The first-order valence-corrected chi connectivity index (χ1v) is 9.84. The average Bonchev–Trinajstić information content (AvgIpc) is 3.36. The van der Waals surface area contributed by atoms with Crippen LogP contribution in [0, 0.1) is 0 Å². The van der Waals surface area contributed by atoms with Gasteiger partial charge >= 0.3 is 0 Å². The summed E-state index contributed by atoms with van der Waals surface area (Å²) in [5, 5.41) is 6.24. The first-order chi connectivity index (χ1) is 11.8. The van der Waals surface area contributed by atoms with E-state index in [1.165, 1.54) is 19.3 Å². The Morgan fingerprint density at radius 1 is 1.25 bits per heavy atom. The SMILES string of the molecule is O=C(Cc1cccs1)N1CCCC1c1nc(C2CCCCC2)no1. The van der Waals surface area contributed by atoms with E-state index in [-0.39, 0.29) is 11.9 Å². The van der Waals surface area contributed by atoms with Crippen LogP contribution in [0.1, 0.15) is 73.5 Å². The summed E-state index contributed by atoms with van der Waals surface area (Å²) in [6, 6.07) is 3.97. The molecule has 0 radical (unpaired) electrons. The van der Waals surface area contributed by atoms with Crippen molar-refractivity contribution in [1.82, 2.24) is 15.0 Å². The Hall–Kier alpha value is -1.69. The topological polar surface area (TPSA) is 59.2 Å². The van der Waals surface area contributed by atoms with E-state index in [4.69, 9.17) is 4.52 Å². The smallest absolute Gasteiger partial charge is 0.249 e. The number of carbonyl (C=O) groups is 1. The van der Waals surface area contributed by atoms with Crippen LogP contribution < -0.4 is 0 Å². The molecule has 2 aromatic rings. The van der Waals surface area contributed by atoms with Gasteiger partial charge in [-0.2, -0.15) is 4.98 Å². The minimum atomic E-state index is -0.0395. The maximum atomic E-state index is 12.6. The fourth-order valence-electron chi connectivity index (χ4n) is 3.89. The van der Waals surface area contributed by atoms with Crippen molar-refractivity contribution >= 4 is 17.2 Å². The van der Waals surface area contributed by atoms with Gasteiger partial charge in [0.2, 0.25) is 11.8 Å². The lowest BCUT2D eigenvalue weighted by molar-refractivity contribution is -0.131. The van der Waals surface area contributed by atoms with Gasteiger partial charge in [0, 0.05) is 17.3 Å². The molecule has 0 N–H and O–H groups in total. The van der Waals surface area contributed by atoms with Gasteiger partial charge in [-0.3, -0.25) is 4.79 Å². The van der Waals surface area contributed by atoms with Gasteiger partial charge in [-0.1, -0.05) is 30.5 Å². The van der Waals surface area contributed by atoms with Gasteiger partial charge in [-0.05, 0) is 37.1 Å². The summed E-state index contributed by atoms with van der Waals surface area (Å²) in [6.07, 6.45) is 8.53. The van der Waals surface area contributed by atoms with E-state index < -0.39 is 0 Å². The lowest BCUT2D eigenvalue weighted by Gasteiger charge is -2.21. The first kappa shape index (κ1) is 15.8. The van der Waals surface area contributed by atoms with E-state index in [1.807, 2.05) is 22.4 Å². The third-order valence-corrected chi connectivity index (χ3v) is 6.07. The molecule has 1 aliphatic carbocycles. The maximum Gasteiger partial charge on any atom is 0.249 e. The number of thiophene rings is 1. The molecular weight excluding hydrogens is 322 g/mol. The molecule has 0 aromatic carbocycles. The number of likely N-dealkylation sites (tertiary alicyclic amines) is 1. The first-order valence-electron chi connectivity index (χ1n) is 8.96. The van der Waals surface area contributed by atoms with Crippen LogP contribution in [0.25, 0.3) is 0 Å². The van der Waals surface area contributed by atoms with Gasteiger partial charge in [0.25, 0.3) is 0 Å². The molecule has 3 heterocycles. The normalized spacial score (nSPS) is 22.2. The van der Waals surface area contributed by atoms with Crippen molar-refractivity contribution in [2.45, 2.75) is 63.3 Å². The minimum absolute atomic E-state index is 0.0395. The molecule has 1 saturated carbocycles. The monoisotopic (exact) mass is 345 g/mol. The van der Waals surface area contributed by atoms with Gasteiger partial charge in [0.15, 0.2) is 5.82 Å². The van der Waals surface area contributed by atoms with Crippen molar-refractivity contribution in [2.75, 3.05) is 6.54 Å². The molecule has 0 spiro atoms. The van der Waals surface area contributed by atoms with Crippen molar-refractivity contribution in [2.24, 2.45) is 0 Å². The lowest BCUT2D eigenvalue weighted by Crippen LogP contribution is -2.31. The molecule has 128 valence electrons. The Kier molecular flexibility index (Phi) is 4.65. The van der Waals surface area contributed by atoms with Crippen LogP contribution >= 0.6 is 11.3 Å². The molecule has 1 atom stereocenters. The molecule has 24 heavy (non-hydrogen) atoms. The second-order valence-electron chi connectivity index (χ2n) is 6.83. The van der Waals surface area contributed by atoms with E-state index in [0.717, 1.165) is 42.9 Å². The number of hydrogen-bond donors (Lipinski definition) is 0. The molecule has 4 rings (SSSR count). The summed E-state index contributed by atoms with van der Waals surface area (Å²) in [5.74, 6) is 2.08. The number of rotatable bonds is 4. The van der Waals surface area contributed by atoms with E-state index in [2.05, 4.69) is 10.1 Å². The molecular formula is C18H23N3O2S. The summed E-state index contributed by atoms with van der Waals surface area (Å²) in [6.45, 7) is 0.788. The lowest BCUT2D eigenvalue weighted by atomic mass is 9.89. The molecule has 2 aromatic heterocycles. The zero-order chi connectivity index (χ0) is 16.4. The Morgan fingerprint density at radius 2 is 2.12 bits per heavy atom. The molecule has 6 heteroatoms. The fraction of sp³-hybridized carbons (Fsp3) is 0.611. The average molecular weight is 345 g/mol. The van der Waals surface area contributed by atoms with Gasteiger partial charge in [0.05, 0.1) is 6.42 Å². The zero-order valence-electron chi connectivity index (χ0n) is 13.8. The van der Waals surface area contributed by atoms with E-state index in [1.54, 1.807) is 11.3 Å². The van der Waals surface area contributed by atoms with Gasteiger partial charge in [-0.15, -0.1) is 11.3 Å². The van der Waals surface area contributed by atoms with Crippen LogP contribution in [-0.4, -0.2) is 27.5 Å². The Bertz CT molecular complexity index is 676.